The molecule has 1 aromatic heterocycles. The Hall–Kier alpha value is -1.20. The van der Waals surface area contributed by atoms with Gasteiger partial charge in [-0.2, -0.15) is 4.98 Å². The molecule has 1 unspecified atom stereocenters. The lowest BCUT2D eigenvalue weighted by atomic mass is 9.97. The van der Waals surface area contributed by atoms with Crippen molar-refractivity contribution in [1.29, 1.82) is 0 Å². The molecule has 2 N–H and O–H groups in total. The van der Waals surface area contributed by atoms with E-state index in [1.54, 1.807) is 0 Å². The van der Waals surface area contributed by atoms with Crippen molar-refractivity contribution >= 4 is 15.9 Å². The van der Waals surface area contributed by atoms with Crippen LogP contribution in [-0.4, -0.2) is 10.1 Å². The van der Waals surface area contributed by atoms with Crippen molar-refractivity contribution in [3.63, 3.8) is 0 Å². The van der Waals surface area contributed by atoms with Crippen LogP contribution in [0.1, 0.15) is 44.1 Å². The zero-order valence-corrected chi connectivity index (χ0v) is 12.2. The maximum absolute atomic E-state index is 6.14. The number of aromatic nitrogens is 2. The van der Waals surface area contributed by atoms with Crippen molar-refractivity contribution in [2.45, 2.75) is 32.2 Å². The second kappa shape index (κ2) is 4.82. The molecule has 1 aromatic carbocycles. The Balaban J connectivity index is 2.29. The lowest BCUT2D eigenvalue weighted by Crippen LogP contribution is -2.15. The molecule has 0 aliphatic carbocycles. The highest BCUT2D eigenvalue weighted by Gasteiger charge is 2.24. The van der Waals surface area contributed by atoms with Gasteiger partial charge in [0.25, 0.3) is 0 Å². The molecular weight excluding hydrogens is 294 g/mol. The second-order valence-corrected chi connectivity index (χ2v) is 6.16. The number of nitrogens with two attached hydrogens (primary N) is 1. The van der Waals surface area contributed by atoms with E-state index in [1.165, 1.54) is 0 Å². The Morgan fingerprint density at radius 1 is 1.33 bits per heavy atom. The highest BCUT2D eigenvalue weighted by Crippen LogP contribution is 2.24. The SMILES string of the molecule is CC(C)(C)c1nc(C(N)c2cccc(Br)c2)no1. The van der Waals surface area contributed by atoms with Gasteiger partial charge in [0, 0.05) is 9.89 Å². The van der Waals surface area contributed by atoms with Gasteiger partial charge in [0.05, 0.1) is 6.04 Å². The smallest absolute Gasteiger partial charge is 0.232 e. The van der Waals surface area contributed by atoms with Crippen molar-refractivity contribution in [2.75, 3.05) is 0 Å². The van der Waals surface area contributed by atoms with Crippen LogP contribution >= 0.6 is 15.9 Å². The van der Waals surface area contributed by atoms with Crippen molar-refractivity contribution in [1.82, 2.24) is 10.1 Å². The topological polar surface area (TPSA) is 64.9 Å². The number of nitrogens with zero attached hydrogens (tertiary/aromatic N) is 2. The van der Waals surface area contributed by atoms with E-state index in [2.05, 4.69) is 26.1 Å². The van der Waals surface area contributed by atoms with Gasteiger partial charge in [-0.05, 0) is 17.7 Å². The lowest BCUT2D eigenvalue weighted by molar-refractivity contribution is 0.317. The molecule has 18 heavy (non-hydrogen) atoms. The molecule has 96 valence electrons. The van der Waals surface area contributed by atoms with E-state index in [0.717, 1.165) is 10.0 Å². The summed E-state index contributed by atoms with van der Waals surface area (Å²) in [6.45, 7) is 6.07. The number of benzene rings is 1. The predicted octanol–water partition coefficient (Wildman–Crippen LogP) is 3.18. The predicted molar refractivity (Wildman–Crippen MR) is 73.2 cm³/mol. The Morgan fingerprint density at radius 3 is 2.61 bits per heavy atom. The average molecular weight is 310 g/mol. The van der Waals surface area contributed by atoms with Crippen molar-refractivity contribution in [3.8, 4) is 0 Å². The zero-order valence-electron chi connectivity index (χ0n) is 10.6. The fraction of sp³-hybridized carbons (Fsp3) is 0.385. The van der Waals surface area contributed by atoms with Gasteiger partial charge < -0.3 is 10.3 Å². The first kappa shape index (κ1) is 13.2. The van der Waals surface area contributed by atoms with Crippen LogP contribution in [0.4, 0.5) is 0 Å². The van der Waals surface area contributed by atoms with Crippen LogP contribution in [0.5, 0.6) is 0 Å². The van der Waals surface area contributed by atoms with Gasteiger partial charge in [-0.1, -0.05) is 54.0 Å². The standard InChI is InChI=1S/C13H16BrN3O/c1-13(2,3)12-16-11(17-18-12)10(15)8-5-4-6-9(14)7-8/h4-7,10H,15H2,1-3H3. The normalized spacial score (nSPS) is 13.6. The monoisotopic (exact) mass is 309 g/mol. The third-order valence-corrected chi connectivity index (χ3v) is 3.06. The summed E-state index contributed by atoms with van der Waals surface area (Å²) in [4.78, 5) is 4.37. The summed E-state index contributed by atoms with van der Waals surface area (Å²) in [7, 11) is 0. The van der Waals surface area contributed by atoms with Gasteiger partial charge in [-0.3, -0.25) is 0 Å². The molecule has 4 nitrogen and oxygen atoms in total. The van der Waals surface area contributed by atoms with Gasteiger partial charge >= 0.3 is 0 Å². The minimum atomic E-state index is -0.373. The molecule has 5 heteroatoms. The molecule has 0 fully saturated rings. The fourth-order valence-corrected chi connectivity index (χ4v) is 1.93. The van der Waals surface area contributed by atoms with Crippen LogP contribution in [0.3, 0.4) is 0 Å². The average Bonchev–Trinajstić information content (AvgIpc) is 2.77. The molecule has 1 atom stereocenters. The van der Waals surface area contributed by atoms with Crippen LogP contribution in [0, 0.1) is 0 Å². The molecule has 0 saturated carbocycles. The fourth-order valence-electron chi connectivity index (χ4n) is 1.51. The molecule has 0 bridgehead atoms. The summed E-state index contributed by atoms with van der Waals surface area (Å²) in [6, 6.07) is 7.42. The van der Waals surface area contributed by atoms with Gasteiger partial charge in [0.15, 0.2) is 5.82 Å². The van der Waals surface area contributed by atoms with Gasteiger partial charge in [-0.15, -0.1) is 0 Å². The van der Waals surface area contributed by atoms with E-state index < -0.39 is 0 Å². The number of halogens is 1. The van der Waals surface area contributed by atoms with Crippen LogP contribution in [0.15, 0.2) is 33.3 Å². The Labute approximate surface area is 115 Å². The van der Waals surface area contributed by atoms with E-state index >= 15 is 0 Å². The summed E-state index contributed by atoms with van der Waals surface area (Å²) in [5.74, 6) is 1.11. The van der Waals surface area contributed by atoms with Gasteiger partial charge in [-0.25, -0.2) is 0 Å². The Kier molecular flexibility index (Phi) is 3.54. The molecule has 0 radical (unpaired) electrons. The first-order chi connectivity index (χ1) is 8.38. The molecule has 0 spiro atoms. The summed E-state index contributed by atoms with van der Waals surface area (Å²) in [5.41, 5.74) is 6.92. The lowest BCUT2D eigenvalue weighted by Gasteiger charge is -2.11. The van der Waals surface area contributed by atoms with E-state index in [-0.39, 0.29) is 11.5 Å². The summed E-state index contributed by atoms with van der Waals surface area (Å²) < 4.78 is 6.23. The van der Waals surface area contributed by atoms with Crippen molar-refractivity contribution in [2.24, 2.45) is 5.73 Å². The maximum Gasteiger partial charge on any atom is 0.232 e. The second-order valence-electron chi connectivity index (χ2n) is 5.24. The molecular formula is C13H16BrN3O. The largest absolute Gasteiger partial charge is 0.339 e. The molecule has 0 saturated heterocycles. The third-order valence-electron chi connectivity index (χ3n) is 2.57. The Bertz CT molecular complexity index is 545. The van der Waals surface area contributed by atoms with Gasteiger partial charge in [0.1, 0.15) is 0 Å². The van der Waals surface area contributed by atoms with Crippen LogP contribution in [0.2, 0.25) is 0 Å². The number of hydrogen-bond donors (Lipinski definition) is 1. The Morgan fingerprint density at radius 2 is 2.06 bits per heavy atom. The van der Waals surface area contributed by atoms with Crippen LogP contribution in [-0.2, 0) is 5.41 Å². The van der Waals surface area contributed by atoms with Gasteiger partial charge in [0.2, 0.25) is 5.89 Å². The zero-order chi connectivity index (χ0) is 13.3. The number of rotatable bonds is 2. The van der Waals surface area contributed by atoms with Crippen molar-refractivity contribution in [3.05, 3.63) is 46.0 Å². The minimum absolute atomic E-state index is 0.164. The first-order valence-corrected chi connectivity index (χ1v) is 6.52. The highest BCUT2D eigenvalue weighted by molar-refractivity contribution is 9.10. The molecule has 1 heterocycles. The minimum Gasteiger partial charge on any atom is -0.339 e. The highest BCUT2D eigenvalue weighted by atomic mass is 79.9. The van der Waals surface area contributed by atoms with E-state index in [4.69, 9.17) is 10.3 Å². The summed E-state index contributed by atoms with van der Waals surface area (Å²) in [6.07, 6.45) is 0. The molecule has 2 rings (SSSR count). The molecule has 0 amide bonds. The molecule has 2 aromatic rings. The van der Waals surface area contributed by atoms with Crippen molar-refractivity contribution < 1.29 is 4.52 Å². The molecule has 0 aliphatic heterocycles. The maximum atomic E-state index is 6.14. The van der Waals surface area contributed by atoms with E-state index in [0.29, 0.717) is 11.7 Å². The quantitative estimate of drug-likeness (QED) is 0.925. The van der Waals surface area contributed by atoms with Crippen LogP contribution in [0.25, 0.3) is 0 Å². The third kappa shape index (κ3) is 2.79. The molecule has 0 aliphatic rings. The summed E-state index contributed by atoms with van der Waals surface area (Å²) >= 11 is 3.42. The van der Waals surface area contributed by atoms with Crippen LogP contribution < -0.4 is 5.73 Å². The number of hydrogen-bond acceptors (Lipinski definition) is 4. The van der Waals surface area contributed by atoms with E-state index in [1.807, 2.05) is 45.0 Å². The first-order valence-electron chi connectivity index (χ1n) is 5.73. The summed E-state index contributed by atoms with van der Waals surface area (Å²) in [5, 5.41) is 3.96. The van der Waals surface area contributed by atoms with E-state index in [9.17, 15) is 0 Å².